The SMILES string of the molecule is CC1Oc2cccnc2N(C)C(=O)C1S. The molecule has 0 aliphatic carbocycles. The second kappa shape index (κ2) is 3.73. The van der Waals surface area contributed by atoms with Crippen LogP contribution in [0.2, 0.25) is 0 Å². The van der Waals surface area contributed by atoms with Crippen LogP contribution in [0, 0.1) is 0 Å². The van der Waals surface area contributed by atoms with Crippen molar-refractivity contribution in [1.82, 2.24) is 4.98 Å². The molecule has 5 heteroatoms. The number of carbonyl (C=O) groups is 1. The molecule has 2 rings (SSSR count). The minimum Gasteiger partial charge on any atom is -0.485 e. The molecule has 1 aromatic rings. The standard InChI is InChI=1S/C10H12N2O2S/c1-6-8(15)10(13)12(2)9-7(14-6)4-3-5-11-9/h3-6,8,15H,1-2H3. The first-order valence-corrected chi connectivity index (χ1v) is 5.20. The minimum absolute atomic E-state index is 0.0942. The van der Waals surface area contributed by atoms with Gasteiger partial charge < -0.3 is 4.74 Å². The highest BCUT2D eigenvalue weighted by atomic mass is 32.1. The van der Waals surface area contributed by atoms with E-state index in [-0.39, 0.29) is 12.0 Å². The van der Waals surface area contributed by atoms with Crippen molar-refractivity contribution in [2.75, 3.05) is 11.9 Å². The van der Waals surface area contributed by atoms with Crippen LogP contribution in [-0.2, 0) is 4.79 Å². The lowest BCUT2D eigenvalue weighted by Crippen LogP contribution is -2.38. The Labute approximate surface area is 93.7 Å². The van der Waals surface area contributed by atoms with Crippen LogP contribution in [0.3, 0.4) is 0 Å². The number of fused-ring (bicyclic) bond motifs is 1. The van der Waals surface area contributed by atoms with Crippen molar-refractivity contribution in [3.8, 4) is 5.75 Å². The Hall–Kier alpha value is -1.23. The van der Waals surface area contributed by atoms with Crippen LogP contribution in [0.4, 0.5) is 5.82 Å². The second-order valence-corrected chi connectivity index (χ2v) is 4.05. The van der Waals surface area contributed by atoms with E-state index in [1.807, 2.05) is 6.92 Å². The molecule has 4 nitrogen and oxygen atoms in total. The van der Waals surface area contributed by atoms with Crippen molar-refractivity contribution in [1.29, 1.82) is 0 Å². The summed E-state index contributed by atoms with van der Waals surface area (Å²) < 4.78 is 5.61. The van der Waals surface area contributed by atoms with Gasteiger partial charge in [0.1, 0.15) is 11.4 Å². The van der Waals surface area contributed by atoms with Gasteiger partial charge in [0.25, 0.3) is 0 Å². The number of ether oxygens (including phenoxy) is 1. The smallest absolute Gasteiger partial charge is 0.244 e. The van der Waals surface area contributed by atoms with Crippen molar-refractivity contribution in [2.24, 2.45) is 0 Å². The van der Waals surface area contributed by atoms with Gasteiger partial charge in [-0.1, -0.05) is 0 Å². The number of amides is 1. The average molecular weight is 224 g/mol. The van der Waals surface area contributed by atoms with Crippen molar-refractivity contribution < 1.29 is 9.53 Å². The van der Waals surface area contributed by atoms with Crippen molar-refractivity contribution >= 4 is 24.4 Å². The normalized spacial score (nSPS) is 25.5. The molecule has 0 saturated heterocycles. The van der Waals surface area contributed by atoms with Crippen LogP contribution in [0.15, 0.2) is 18.3 Å². The van der Waals surface area contributed by atoms with Crippen LogP contribution >= 0.6 is 12.6 Å². The lowest BCUT2D eigenvalue weighted by atomic mass is 10.2. The maximum absolute atomic E-state index is 11.8. The van der Waals surface area contributed by atoms with Crippen molar-refractivity contribution in [3.05, 3.63) is 18.3 Å². The zero-order valence-electron chi connectivity index (χ0n) is 8.54. The average Bonchev–Trinajstić information content (AvgIpc) is 2.32. The number of hydrogen-bond acceptors (Lipinski definition) is 4. The zero-order chi connectivity index (χ0) is 11.0. The molecular weight excluding hydrogens is 212 g/mol. The van der Waals surface area contributed by atoms with Gasteiger partial charge in [0.2, 0.25) is 5.91 Å². The number of thiol groups is 1. The molecule has 1 aliphatic rings. The first kappa shape index (κ1) is 10.3. The summed E-state index contributed by atoms with van der Waals surface area (Å²) in [5.74, 6) is 1.08. The van der Waals surface area contributed by atoms with Gasteiger partial charge in [0, 0.05) is 13.2 Å². The lowest BCUT2D eigenvalue weighted by Gasteiger charge is -2.17. The predicted molar refractivity (Wildman–Crippen MR) is 60.5 cm³/mol. The van der Waals surface area contributed by atoms with Crippen LogP contribution in [0.1, 0.15) is 6.92 Å². The van der Waals surface area contributed by atoms with Crippen LogP contribution in [0.5, 0.6) is 5.75 Å². The molecule has 2 heterocycles. The molecule has 0 aromatic carbocycles. The first-order valence-electron chi connectivity index (χ1n) is 4.68. The molecule has 0 radical (unpaired) electrons. The highest BCUT2D eigenvalue weighted by molar-refractivity contribution is 7.81. The van der Waals surface area contributed by atoms with Gasteiger partial charge in [-0.2, -0.15) is 12.6 Å². The number of nitrogens with zero attached hydrogens (tertiary/aromatic N) is 2. The van der Waals surface area contributed by atoms with E-state index in [1.54, 1.807) is 25.4 Å². The van der Waals surface area contributed by atoms with Gasteiger partial charge >= 0.3 is 0 Å². The molecule has 0 N–H and O–H groups in total. The monoisotopic (exact) mass is 224 g/mol. The van der Waals surface area contributed by atoms with E-state index in [0.717, 1.165) is 0 Å². The van der Waals surface area contributed by atoms with Gasteiger partial charge in [0.15, 0.2) is 11.6 Å². The van der Waals surface area contributed by atoms with E-state index in [9.17, 15) is 4.79 Å². The Bertz CT molecular complexity index is 397. The van der Waals surface area contributed by atoms with Gasteiger partial charge in [-0.25, -0.2) is 4.98 Å². The summed E-state index contributed by atoms with van der Waals surface area (Å²) in [5.41, 5.74) is 0. The summed E-state index contributed by atoms with van der Waals surface area (Å²) in [6, 6.07) is 3.58. The molecule has 80 valence electrons. The largest absolute Gasteiger partial charge is 0.485 e. The summed E-state index contributed by atoms with van der Waals surface area (Å²) in [5, 5.41) is -0.454. The molecule has 1 amide bonds. The molecule has 0 saturated carbocycles. The summed E-state index contributed by atoms with van der Waals surface area (Å²) >= 11 is 4.24. The number of rotatable bonds is 0. The molecule has 1 aliphatic heterocycles. The molecule has 1 aromatic heterocycles. The number of hydrogen-bond donors (Lipinski definition) is 1. The number of carbonyl (C=O) groups excluding carboxylic acids is 1. The summed E-state index contributed by atoms with van der Waals surface area (Å²) in [4.78, 5) is 17.5. The molecular formula is C10H12N2O2S. The van der Waals surface area contributed by atoms with E-state index in [0.29, 0.717) is 11.6 Å². The third kappa shape index (κ3) is 1.67. The highest BCUT2D eigenvalue weighted by Crippen LogP contribution is 2.30. The number of anilines is 1. The Morgan fingerprint density at radius 2 is 2.33 bits per heavy atom. The predicted octanol–water partition coefficient (Wildman–Crippen LogP) is 1.12. The Kier molecular flexibility index (Phi) is 2.56. The lowest BCUT2D eigenvalue weighted by molar-refractivity contribution is -0.118. The van der Waals surface area contributed by atoms with Crippen molar-refractivity contribution in [3.63, 3.8) is 0 Å². The third-order valence-corrected chi connectivity index (χ3v) is 3.05. The van der Waals surface area contributed by atoms with E-state index >= 15 is 0 Å². The first-order chi connectivity index (χ1) is 7.11. The van der Waals surface area contributed by atoms with Gasteiger partial charge in [-0.3, -0.25) is 9.69 Å². The highest BCUT2D eigenvalue weighted by Gasteiger charge is 2.32. The second-order valence-electron chi connectivity index (χ2n) is 3.49. The van der Waals surface area contributed by atoms with Gasteiger partial charge in [-0.05, 0) is 19.1 Å². The summed E-state index contributed by atoms with van der Waals surface area (Å²) in [7, 11) is 1.68. The quantitative estimate of drug-likeness (QED) is 0.672. The van der Waals surface area contributed by atoms with Gasteiger partial charge in [-0.15, -0.1) is 0 Å². The van der Waals surface area contributed by atoms with E-state index < -0.39 is 5.25 Å². The third-order valence-electron chi connectivity index (χ3n) is 2.41. The van der Waals surface area contributed by atoms with E-state index in [4.69, 9.17) is 4.74 Å². The zero-order valence-corrected chi connectivity index (χ0v) is 9.44. The molecule has 2 atom stereocenters. The maximum atomic E-state index is 11.8. The molecule has 15 heavy (non-hydrogen) atoms. The number of pyridine rings is 1. The molecule has 0 bridgehead atoms. The fourth-order valence-electron chi connectivity index (χ4n) is 1.49. The van der Waals surface area contributed by atoms with E-state index in [2.05, 4.69) is 17.6 Å². The van der Waals surface area contributed by atoms with Crippen LogP contribution in [-0.4, -0.2) is 29.3 Å². The molecule has 0 fully saturated rings. The van der Waals surface area contributed by atoms with Gasteiger partial charge in [0.05, 0.1) is 0 Å². The van der Waals surface area contributed by atoms with E-state index in [1.165, 1.54) is 4.90 Å². The molecule has 0 spiro atoms. The van der Waals surface area contributed by atoms with Crippen LogP contribution in [0.25, 0.3) is 0 Å². The fourth-order valence-corrected chi connectivity index (χ4v) is 1.73. The number of aromatic nitrogens is 1. The van der Waals surface area contributed by atoms with Crippen molar-refractivity contribution in [2.45, 2.75) is 18.3 Å². The Morgan fingerprint density at radius 1 is 1.60 bits per heavy atom. The molecule has 2 unspecified atom stereocenters. The topological polar surface area (TPSA) is 42.4 Å². The Morgan fingerprint density at radius 3 is 3.07 bits per heavy atom. The van der Waals surface area contributed by atoms with Crippen LogP contribution < -0.4 is 9.64 Å². The summed E-state index contributed by atoms with van der Waals surface area (Å²) in [6.45, 7) is 1.82. The Balaban J connectivity index is 2.49. The maximum Gasteiger partial charge on any atom is 0.244 e. The summed E-state index contributed by atoms with van der Waals surface area (Å²) in [6.07, 6.45) is 1.38. The minimum atomic E-state index is -0.454. The fraction of sp³-hybridized carbons (Fsp3) is 0.400.